The molecule has 0 spiro atoms. The highest BCUT2D eigenvalue weighted by atomic mass is 16.2. The predicted octanol–water partition coefficient (Wildman–Crippen LogP) is 1.11. The van der Waals surface area contributed by atoms with Crippen LogP contribution in [0.1, 0.15) is 30.8 Å². The van der Waals surface area contributed by atoms with Crippen molar-refractivity contribution in [1.82, 2.24) is 10.3 Å². The topological polar surface area (TPSA) is 74.0 Å². The molecule has 1 unspecified atom stereocenters. The van der Waals surface area contributed by atoms with E-state index < -0.39 is 6.04 Å². The van der Waals surface area contributed by atoms with E-state index in [1.54, 1.807) is 12.3 Å². The Bertz CT molecular complexity index is 423. The van der Waals surface area contributed by atoms with E-state index in [1.165, 1.54) is 0 Å². The average molecular weight is 221 g/mol. The molecule has 3 N–H and O–H groups in total. The highest BCUT2D eigenvalue weighted by Gasteiger charge is 2.28. The third-order valence-corrected chi connectivity index (χ3v) is 2.56. The SMILES string of the molecule is CC(C)CC1NC(=O)c2[nH]ccc2NC1=O. The fourth-order valence-electron chi connectivity index (χ4n) is 1.81. The maximum absolute atomic E-state index is 11.8. The Labute approximate surface area is 93.6 Å². The Morgan fingerprint density at radius 3 is 2.81 bits per heavy atom. The van der Waals surface area contributed by atoms with Gasteiger partial charge >= 0.3 is 0 Å². The molecule has 0 saturated heterocycles. The first-order valence-corrected chi connectivity index (χ1v) is 5.37. The van der Waals surface area contributed by atoms with E-state index >= 15 is 0 Å². The van der Waals surface area contributed by atoms with Gasteiger partial charge < -0.3 is 15.6 Å². The maximum Gasteiger partial charge on any atom is 0.270 e. The van der Waals surface area contributed by atoms with Crippen LogP contribution in [-0.2, 0) is 4.79 Å². The van der Waals surface area contributed by atoms with Gasteiger partial charge in [-0.2, -0.15) is 0 Å². The number of carbonyl (C=O) groups is 2. The van der Waals surface area contributed by atoms with Gasteiger partial charge in [0.05, 0.1) is 5.69 Å². The normalized spacial score (nSPS) is 20.1. The molecule has 0 saturated carbocycles. The van der Waals surface area contributed by atoms with Gasteiger partial charge in [-0.05, 0) is 18.4 Å². The lowest BCUT2D eigenvalue weighted by Crippen LogP contribution is -2.42. The summed E-state index contributed by atoms with van der Waals surface area (Å²) in [7, 11) is 0. The van der Waals surface area contributed by atoms with Gasteiger partial charge in [-0.1, -0.05) is 13.8 Å². The van der Waals surface area contributed by atoms with Crippen LogP contribution in [0.2, 0.25) is 0 Å². The van der Waals surface area contributed by atoms with Crippen LogP contribution in [0.5, 0.6) is 0 Å². The molecule has 5 nitrogen and oxygen atoms in total. The van der Waals surface area contributed by atoms with E-state index in [9.17, 15) is 9.59 Å². The average Bonchev–Trinajstić information content (AvgIpc) is 2.60. The zero-order valence-corrected chi connectivity index (χ0v) is 9.33. The van der Waals surface area contributed by atoms with Gasteiger partial charge in [0.25, 0.3) is 5.91 Å². The summed E-state index contributed by atoms with van der Waals surface area (Å²) >= 11 is 0. The van der Waals surface area contributed by atoms with Gasteiger partial charge in [-0.3, -0.25) is 9.59 Å². The Hall–Kier alpha value is -1.78. The lowest BCUT2D eigenvalue weighted by Gasteiger charge is -2.16. The van der Waals surface area contributed by atoms with Crippen LogP contribution in [0.3, 0.4) is 0 Å². The van der Waals surface area contributed by atoms with E-state index in [0.29, 0.717) is 23.7 Å². The first kappa shape index (κ1) is 10.7. The van der Waals surface area contributed by atoms with Gasteiger partial charge in [-0.15, -0.1) is 0 Å². The summed E-state index contributed by atoms with van der Waals surface area (Å²) < 4.78 is 0. The molecule has 0 fully saturated rings. The Morgan fingerprint density at radius 2 is 2.12 bits per heavy atom. The molecule has 0 aromatic carbocycles. The largest absolute Gasteiger partial charge is 0.355 e. The van der Waals surface area contributed by atoms with Gasteiger partial charge in [-0.25, -0.2) is 0 Å². The molecule has 0 bridgehead atoms. The number of H-pyrrole nitrogens is 1. The first-order valence-electron chi connectivity index (χ1n) is 5.37. The van der Waals surface area contributed by atoms with Crippen molar-refractivity contribution in [1.29, 1.82) is 0 Å². The monoisotopic (exact) mass is 221 g/mol. The lowest BCUT2D eigenvalue weighted by atomic mass is 10.0. The molecule has 1 atom stereocenters. The molecule has 1 aliphatic heterocycles. The Kier molecular flexibility index (Phi) is 2.68. The molecule has 0 aliphatic carbocycles. The summed E-state index contributed by atoms with van der Waals surface area (Å²) in [6.45, 7) is 4.03. The first-order chi connectivity index (χ1) is 7.58. The second-order valence-corrected chi connectivity index (χ2v) is 4.41. The summed E-state index contributed by atoms with van der Waals surface area (Å²) in [5.41, 5.74) is 0.966. The second-order valence-electron chi connectivity index (χ2n) is 4.41. The van der Waals surface area contributed by atoms with Crippen LogP contribution < -0.4 is 10.6 Å². The predicted molar refractivity (Wildman–Crippen MR) is 60.1 cm³/mol. The molecule has 2 amide bonds. The number of hydrogen-bond acceptors (Lipinski definition) is 2. The number of aromatic amines is 1. The van der Waals surface area contributed by atoms with Crippen molar-refractivity contribution >= 4 is 17.5 Å². The Balaban J connectivity index is 2.23. The standard InChI is InChI=1S/C11H15N3O2/c1-6(2)5-8-10(15)13-7-3-4-12-9(7)11(16)14-8/h3-4,6,8,12H,5H2,1-2H3,(H,13,15)(H,14,16). The number of nitrogens with one attached hydrogen (secondary N) is 3. The molecule has 1 aliphatic rings. The van der Waals surface area contributed by atoms with E-state index in [4.69, 9.17) is 0 Å². The van der Waals surface area contributed by atoms with E-state index in [0.717, 1.165) is 0 Å². The van der Waals surface area contributed by atoms with Crippen molar-refractivity contribution in [2.75, 3.05) is 5.32 Å². The van der Waals surface area contributed by atoms with Crippen LogP contribution in [0, 0.1) is 5.92 Å². The summed E-state index contributed by atoms with van der Waals surface area (Å²) in [4.78, 5) is 26.4. The quantitative estimate of drug-likeness (QED) is 0.700. The molecule has 2 heterocycles. The minimum absolute atomic E-state index is 0.152. The molecular formula is C11H15N3O2. The molecular weight excluding hydrogens is 206 g/mol. The smallest absolute Gasteiger partial charge is 0.270 e. The molecule has 2 rings (SSSR count). The number of anilines is 1. The number of hydrogen-bond donors (Lipinski definition) is 3. The van der Waals surface area contributed by atoms with Crippen molar-refractivity contribution in [2.24, 2.45) is 5.92 Å². The molecule has 0 radical (unpaired) electrons. The third-order valence-electron chi connectivity index (χ3n) is 2.56. The lowest BCUT2D eigenvalue weighted by molar-refractivity contribution is -0.118. The van der Waals surface area contributed by atoms with Crippen LogP contribution in [-0.4, -0.2) is 22.8 Å². The maximum atomic E-state index is 11.8. The second kappa shape index (κ2) is 4.00. The van der Waals surface area contributed by atoms with Crippen LogP contribution >= 0.6 is 0 Å². The molecule has 5 heteroatoms. The minimum Gasteiger partial charge on any atom is -0.355 e. The van der Waals surface area contributed by atoms with Gasteiger partial charge in [0, 0.05) is 6.20 Å². The van der Waals surface area contributed by atoms with Crippen molar-refractivity contribution in [3.05, 3.63) is 18.0 Å². The zero-order chi connectivity index (χ0) is 11.7. The van der Waals surface area contributed by atoms with Gasteiger partial charge in [0.15, 0.2) is 0 Å². The fourth-order valence-corrected chi connectivity index (χ4v) is 1.81. The minimum atomic E-state index is -0.451. The number of carbonyl (C=O) groups excluding carboxylic acids is 2. The molecule has 1 aromatic rings. The number of fused-ring (bicyclic) bond motifs is 1. The summed E-state index contributed by atoms with van der Waals surface area (Å²) in [6.07, 6.45) is 2.27. The highest BCUT2D eigenvalue weighted by molar-refractivity contribution is 6.08. The Morgan fingerprint density at radius 1 is 1.38 bits per heavy atom. The van der Waals surface area contributed by atoms with Crippen molar-refractivity contribution in [3.8, 4) is 0 Å². The van der Waals surface area contributed by atoms with E-state index in [1.807, 2.05) is 13.8 Å². The highest BCUT2D eigenvalue weighted by Crippen LogP contribution is 2.18. The summed E-state index contributed by atoms with van der Waals surface area (Å²) in [6, 6.07) is 1.23. The van der Waals surface area contributed by atoms with E-state index in [2.05, 4.69) is 15.6 Å². The number of amides is 2. The summed E-state index contributed by atoms with van der Waals surface area (Å²) in [5.74, 6) is -0.0307. The van der Waals surface area contributed by atoms with Crippen LogP contribution in [0.25, 0.3) is 0 Å². The molecule has 16 heavy (non-hydrogen) atoms. The van der Waals surface area contributed by atoms with E-state index in [-0.39, 0.29) is 11.8 Å². The third kappa shape index (κ3) is 1.93. The zero-order valence-electron chi connectivity index (χ0n) is 9.33. The van der Waals surface area contributed by atoms with Crippen molar-refractivity contribution in [2.45, 2.75) is 26.3 Å². The summed E-state index contributed by atoms with van der Waals surface area (Å²) in [5, 5.41) is 5.45. The van der Waals surface area contributed by atoms with Crippen molar-refractivity contribution in [3.63, 3.8) is 0 Å². The molecule has 1 aromatic heterocycles. The van der Waals surface area contributed by atoms with Crippen LogP contribution in [0.4, 0.5) is 5.69 Å². The van der Waals surface area contributed by atoms with Crippen molar-refractivity contribution < 1.29 is 9.59 Å². The fraction of sp³-hybridized carbons (Fsp3) is 0.455. The van der Waals surface area contributed by atoms with Crippen LogP contribution in [0.15, 0.2) is 12.3 Å². The van der Waals surface area contributed by atoms with Gasteiger partial charge in [0.1, 0.15) is 11.7 Å². The number of aromatic nitrogens is 1. The molecule has 86 valence electrons. The van der Waals surface area contributed by atoms with Gasteiger partial charge in [0.2, 0.25) is 5.91 Å². The number of rotatable bonds is 2.